The van der Waals surface area contributed by atoms with Crippen LogP contribution in [0.3, 0.4) is 0 Å². The van der Waals surface area contributed by atoms with Gasteiger partial charge in [-0.2, -0.15) is 5.10 Å². The third kappa shape index (κ3) is 4.84. The van der Waals surface area contributed by atoms with E-state index in [-0.39, 0.29) is 24.5 Å². The van der Waals surface area contributed by atoms with Gasteiger partial charge in [-0.15, -0.1) is 0 Å². The summed E-state index contributed by atoms with van der Waals surface area (Å²) in [4.78, 5) is 27.2. The lowest BCUT2D eigenvalue weighted by Crippen LogP contribution is -2.41. The summed E-state index contributed by atoms with van der Waals surface area (Å²) in [7, 11) is 0. The number of carbonyl (C=O) groups is 2. The second kappa shape index (κ2) is 9.36. The number of rotatable bonds is 6. The van der Waals surface area contributed by atoms with Crippen molar-refractivity contribution in [3.8, 4) is 17.2 Å². The van der Waals surface area contributed by atoms with Crippen molar-refractivity contribution in [3.05, 3.63) is 66.5 Å². The maximum atomic E-state index is 12.7. The molecule has 2 aliphatic rings. The van der Waals surface area contributed by atoms with Crippen molar-refractivity contribution >= 4 is 17.5 Å². The summed E-state index contributed by atoms with van der Waals surface area (Å²) in [5, 5.41) is 7.35. The molecular formula is C25H26N4O4. The van der Waals surface area contributed by atoms with Crippen molar-refractivity contribution < 1.29 is 19.1 Å². The summed E-state index contributed by atoms with van der Waals surface area (Å²) in [6.07, 6.45) is 6.19. The van der Waals surface area contributed by atoms with Gasteiger partial charge >= 0.3 is 0 Å². The SMILES string of the molecule is O=C(Nc1ccc2c(c1)OCO2)C1CCN(C(=O)CCc2cnn(-c3ccccc3)c2)CC1. The number of nitrogens with zero attached hydrogens (tertiary/aromatic N) is 3. The Balaban J connectivity index is 1.08. The first-order chi connectivity index (χ1) is 16.2. The summed E-state index contributed by atoms with van der Waals surface area (Å²) >= 11 is 0. The molecule has 0 radical (unpaired) electrons. The Morgan fingerprint density at radius 2 is 1.82 bits per heavy atom. The largest absolute Gasteiger partial charge is 0.454 e. The number of nitrogens with one attached hydrogen (secondary N) is 1. The van der Waals surface area contributed by atoms with E-state index in [1.807, 2.05) is 58.4 Å². The molecule has 8 heteroatoms. The van der Waals surface area contributed by atoms with Gasteiger partial charge in [0.1, 0.15) is 0 Å². The van der Waals surface area contributed by atoms with Crippen LogP contribution in [0.4, 0.5) is 5.69 Å². The van der Waals surface area contributed by atoms with Crippen molar-refractivity contribution in [2.75, 3.05) is 25.2 Å². The molecule has 33 heavy (non-hydrogen) atoms. The van der Waals surface area contributed by atoms with Gasteiger partial charge in [0.2, 0.25) is 18.6 Å². The van der Waals surface area contributed by atoms with Crippen LogP contribution in [0.2, 0.25) is 0 Å². The Morgan fingerprint density at radius 1 is 1.03 bits per heavy atom. The molecule has 1 aromatic heterocycles. The number of ether oxygens (including phenoxy) is 2. The van der Waals surface area contributed by atoms with Crippen LogP contribution in [0.15, 0.2) is 60.9 Å². The average Bonchev–Trinajstić information content (AvgIpc) is 3.52. The lowest BCUT2D eigenvalue weighted by Gasteiger charge is -2.31. The van der Waals surface area contributed by atoms with Crippen LogP contribution in [0.25, 0.3) is 5.69 Å². The fraction of sp³-hybridized carbons (Fsp3) is 0.320. The minimum Gasteiger partial charge on any atom is -0.454 e. The van der Waals surface area contributed by atoms with Crippen molar-refractivity contribution in [1.82, 2.24) is 14.7 Å². The Morgan fingerprint density at radius 3 is 2.64 bits per heavy atom. The predicted octanol–water partition coefficient (Wildman–Crippen LogP) is 3.41. The van der Waals surface area contributed by atoms with Crippen LogP contribution in [0, 0.1) is 5.92 Å². The first-order valence-electron chi connectivity index (χ1n) is 11.2. The van der Waals surface area contributed by atoms with Gasteiger partial charge in [-0.3, -0.25) is 9.59 Å². The highest BCUT2D eigenvalue weighted by Gasteiger charge is 2.27. The lowest BCUT2D eigenvalue weighted by molar-refractivity contribution is -0.134. The van der Waals surface area contributed by atoms with Crippen LogP contribution in [0.1, 0.15) is 24.8 Å². The van der Waals surface area contributed by atoms with E-state index in [1.54, 1.807) is 12.1 Å². The zero-order valence-electron chi connectivity index (χ0n) is 18.3. The molecule has 0 aliphatic carbocycles. The minimum atomic E-state index is -0.108. The van der Waals surface area contributed by atoms with Gasteiger partial charge in [-0.05, 0) is 49.1 Å². The van der Waals surface area contributed by atoms with Gasteiger partial charge < -0.3 is 19.7 Å². The third-order valence-corrected chi connectivity index (χ3v) is 6.14. The number of para-hydroxylation sites is 1. The maximum absolute atomic E-state index is 12.7. The van der Waals surface area contributed by atoms with E-state index in [1.165, 1.54) is 0 Å². The van der Waals surface area contributed by atoms with E-state index < -0.39 is 0 Å². The van der Waals surface area contributed by atoms with E-state index in [4.69, 9.17) is 9.47 Å². The standard InChI is InChI=1S/C25H26N4O4/c30-24(9-6-18-15-26-29(16-18)21-4-2-1-3-5-21)28-12-10-19(11-13-28)25(31)27-20-7-8-22-23(14-20)33-17-32-22/h1-5,7-8,14-16,19H,6,9-13,17H2,(H,27,31). The van der Waals surface area contributed by atoms with Crippen molar-refractivity contribution in [2.24, 2.45) is 5.92 Å². The van der Waals surface area contributed by atoms with Crippen molar-refractivity contribution in [1.29, 1.82) is 0 Å². The molecule has 2 aliphatic heterocycles. The summed E-state index contributed by atoms with van der Waals surface area (Å²) < 4.78 is 12.5. The lowest BCUT2D eigenvalue weighted by atomic mass is 9.95. The number of piperidine rings is 1. The minimum absolute atomic E-state index is 0.0192. The number of amides is 2. The number of anilines is 1. The van der Waals surface area contributed by atoms with Gasteiger partial charge in [0.25, 0.3) is 0 Å². The highest BCUT2D eigenvalue weighted by atomic mass is 16.7. The van der Waals surface area contributed by atoms with Crippen LogP contribution < -0.4 is 14.8 Å². The van der Waals surface area contributed by atoms with Crippen molar-refractivity contribution in [2.45, 2.75) is 25.7 Å². The first-order valence-corrected chi connectivity index (χ1v) is 11.2. The molecule has 0 atom stereocenters. The number of hydrogen-bond acceptors (Lipinski definition) is 5. The van der Waals surface area contributed by atoms with Gasteiger partial charge in [0.05, 0.1) is 11.9 Å². The molecule has 2 amide bonds. The topological polar surface area (TPSA) is 85.7 Å². The van der Waals surface area contributed by atoms with Gasteiger partial charge in [0.15, 0.2) is 11.5 Å². The van der Waals surface area contributed by atoms with Crippen LogP contribution in [-0.4, -0.2) is 46.4 Å². The highest BCUT2D eigenvalue weighted by Crippen LogP contribution is 2.34. The smallest absolute Gasteiger partial charge is 0.231 e. The molecule has 3 heterocycles. The number of aromatic nitrogens is 2. The second-order valence-corrected chi connectivity index (χ2v) is 8.34. The number of benzene rings is 2. The Labute approximate surface area is 192 Å². The normalized spacial score (nSPS) is 15.5. The highest BCUT2D eigenvalue weighted by molar-refractivity contribution is 5.93. The molecule has 1 N–H and O–H groups in total. The molecule has 5 rings (SSSR count). The second-order valence-electron chi connectivity index (χ2n) is 8.34. The molecule has 2 aromatic carbocycles. The molecule has 3 aromatic rings. The van der Waals surface area contributed by atoms with Gasteiger partial charge in [-0.25, -0.2) is 4.68 Å². The monoisotopic (exact) mass is 446 g/mol. The van der Waals surface area contributed by atoms with E-state index in [0.717, 1.165) is 11.3 Å². The van der Waals surface area contributed by atoms with Crippen LogP contribution >= 0.6 is 0 Å². The fourth-order valence-corrected chi connectivity index (χ4v) is 4.23. The van der Waals surface area contributed by atoms with Crippen LogP contribution in [0.5, 0.6) is 11.5 Å². The first kappa shape index (κ1) is 21.1. The summed E-state index contributed by atoms with van der Waals surface area (Å²) in [5.74, 6) is 1.32. The van der Waals surface area contributed by atoms with E-state index in [2.05, 4.69) is 10.4 Å². The molecule has 0 spiro atoms. The predicted molar refractivity (Wildman–Crippen MR) is 122 cm³/mol. The maximum Gasteiger partial charge on any atom is 0.231 e. The Bertz CT molecular complexity index is 1140. The molecule has 1 fully saturated rings. The molecule has 8 nitrogen and oxygen atoms in total. The number of likely N-dealkylation sites (tertiary alicyclic amines) is 1. The van der Waals surface area contributed by atoms with Crippen molar-refractivity contribution in [3.63, 3.8) is 0 Å². The quantitative estimate of drug-likeness (QED) is 0.627. The summed E-state index contributed by atoms with van der Waals surface area (Å²) in [6, 6.07) is 15.3. The molecule has 0 bridgehead atoms. The number of fused-ring (bicyclic) bond motifs is 1. The zero-order chi connectivity index (χ0) is 22.6. The number of hydrogen-bond donors (Lipinski definition) is 1. The van der Waals surface area contributed by atoms with E-state index in [0.29, 0.717) is 56.0 Å². The number of carbonyl (C=O) groups excluding carboxylic acids is 2. The van der Waals surface area contributed by atoms with Gasteiger partial charge in [0, 0.05) is 43.4 Å². The molecule has 0 saturated carbocycles. The summed E-state index contributed by atoms with van der Waals surface area (Å²) in [6.45, 7) is 1.40. The average molecular weight is 447 g/mol. The Kier molecular flexibility index (Phi) is 5.97. The Hall–Kier alpha value is -3.81. The zero-order valence-corrected chi connectivity index (χ0v) is 18.3. The molecule has 1 saturated heterocycles. The molecule has 170 valence electrons. The summed E-state index contributed by atoms with van der Waals surface area (Å²) in [5.41, 5.74) is 2.72. The van der Waals surface area contributed by atoms with E-state index >= 15 is 0 Å². The molecule has 0 unspecified atom stereocenters. The third-order valence-electron chi connectivity index (χ3n) is 6.14. The fourth-order valence-electron chi connectivity index (χ4n) is 4.23. The molecular weight excluding hydrogens is 420 g/mol. The van der Waals surface area contributed by atoms with Crippen LogP contribution in [-0.2, 0) is 16.0 Å². The van der Waals surface area contributed by atoms with E-state index in [9.17, 15) is 9.59 Å². The number of aryl methyl sites for hydroxylation is 1. The van der Waals surface area contributed by atoms with Gasteiger partial charge in [-0.1, -0.05) is 18.2 Å².